The van der Waals surface area contributed by atoms with Gasteiger partial charge in [-0.2, -0.15) is 6.07 Å². The van der Waals surface area contributed by atoms with Crippen molar-refractivity contribution in [1.82, 2.24) is 0 Å². The van der Waals surface area contributed by atoms with Crippen LogP contribution in [0.2, 0.25) is 0 Å². The van der Waals surface area contributed by atoms with Crippen LogP contribution in [0.1, 0.15) is 55.2 Å². The van der Waals surface area contributed by atoms with Gasteiger partial charge in [-0.3, -0.25) is 0 Å². The van der Waals surface area contributed by atoms with E-state index in [1.165, 1.54) is 78.0 Å². The molecule has 4 rings (SSSR count). The van der Waals surface area contributed by atoms with E-state index in [2.05, 4.69) is 62.4 Å². The summed E-state index contributed by atoms with van der Waals surface area (Å²) in [7, 11) is 9.87. The predicted octanol–water partition coefficient (Wildman–Crippen LogP) is 8.73. The minimum absolute atomic E-state index is 0.826. The van der Waals surface area contributed by atoms with Crippen molar-refractivity contribution >= 4 is 27.8 Å². The Morgan fingerprint density at radius 3 is 2.21 bits per heavy atom. The van der Waals surface area contributed by atoms with Crippen LogP contribution in [0.5, 0.6) is 0 Å². The first-order chi connectivity index (χ1) is 13.6. The summed E-state index contributed by atoms with van der Waals surface area (Å²) in [6.07, 6.45) is 9.85. The van der Waals surface area contributed by atoms with Crippen molar-refractivity contribution in [2.24, 2.45) is 5.92 Å². The van der Waals surface area contributed by atoms with Crippen molar-refractivity contribution < 1.29 is 20.8 Å². The number of aryl methyl sites for hydroxylation is 2. The second-order valence-corrected chi connectivity index (χ2v) is 11.9. The van der Waals surface area contributed by atoms with Gasteiger partial charge in [0.2, 0.25) is 0 Å². The summed E-state index contributed by atoms with van der Waals surface area (Å²) in [4.78, 5) is 0. The molecule has 0 bridgehead atoms. The van der Waals surface area contributed by atoms with E-state index in [9.17, 15) is 0 Å². The van der Waals surface area contributed by atoms with Gasteiger partial charge < -0.3 is 0 Å². The molecule has 3 aromatic carbocycles. The van der Waals surface area contributed by atoms with Gasteiger partial charge in [0.1, 0.15) is 0 Å². The minimum atomic E-state index is -0.826. The van der Waals surface area contributed by atoms with Gasteiger partial charge in [-0.25, -0.2) is 0 Å². The zero-order valence-electron chi connectivity index (χ0n) is 16.9. The quantitative estimate of drug-likeness (QED) is 0.254. The van der Waals surface area contributed by atoms with Crippen molar-refractivity contribution in [3.05, 3.63) is 65.2 Å². The number of hydrogen-bond donors (Lipinski definition) is 0. The summed E-state index contributed by atoms with van der Waals surface area (Å²) in [6, 6.07) is 18.6. The van der Waals surface area contributed by atoms with Gasteiger partial charge in [0.15, 0.2) is 0 Å². The van der Waals surface area contributed by atoms with Gasteiger partial charge in [0, 0.05) is 0 Å². The summed E-state index contributed by atoms with van der Waals surface area (Å²) < 4.78 is 0. The van der Waals surface area contributed by atoms with Gasteiger partial charge in [0.25, 0.3) is 0 Å². The van der Waals surface area contributed by atoms with E-state index >= 15 is 0 Å². The Labute approximate surface area is 188 Å². The molecule has 0 amide bonds. The molecule has 0 heterocycles. The molecule has 0 atom stereocenters. The molecule has 1 aliphatic rings. The van der Waals surface area contributed by atoms with Crippen LogP contribution in [0.4, 0.5) is 0 Å². The first-order valence-corrected chi connectivity index (χ1v) is 16.7. The average molecular weight is 492 g/mol. The molecule has 28 heavy (non-hydrogen) atoms. The van der Waals surface area contributed by atoms with Gasteiger partial charge in [0.05, 0.1) is 0 Å². The van der Waals surface area contributed by atoms with E-state index in [1.54, 1.807) is 5.56 Å². The van der Waals surface area contributed by atoms with E-state index in [0.717, 1.165) is 5.92 Å². The average Bonchev–Trinajstić information content (AvgIpc) is 2.88. The van der Waals surface area contributed by atoms with Crippen molar-refractivity contribution in [3.8, 4) is 11.1 Å². The van der Waals surface area contributed by atoms with Gasteiger partial charge in [-0.1, -0.05) is 79.5 Å². The molecule has 0 spiro atoms. The molecule has 0 nitrogen and oxygen atoms in total. The SMILES string of the molecule is Cc1cc(C)cc(-c2cccc3[cH-]c(CC4CCCCCC4)cc23)c1.[Cl][Zr][Cl]. The fourth-order valence-electron chi connectivity index (χ4n) is 4.70. The Balaban J connectivity index is 0.000000706. The third-order valence-electron chi connectivity index (χ3n) is 5.84. The molecule has 0 radical (unpaired) electrons. The summed E-state index contributed by atoms with van der Waals surface area (Å²) in [6.45, 7) is 4.39. The summed E-state index contributed by atoms with van der Waals surface area (Å²) in [5.74, 6) is 0.893. The molecule has 3 aromatic rings. The van der Waals surface area contributed by atoms with Crippen LogP contribution in [-0.4, -0.2) is 0 Å². The molecule has 3 heteroatoms. The molecule has 0 aliphatic heterocycles. The summed E-state index contributed by atoms with van der Waals surface area (Å²) >= 11 is -0.826. The summed E-state index contributed by atoms with van der Waals surface area (Å²) in [5, 5.41) is 2.83. The molecule has 1 fully saturated rings. The van der Waals surface area contributed by atoms with Crippen LogP contribution >= 0.6 is 17.0 Å². The molecule has 0 aromatic heterocycles. The fourth-order valence-corrected chi connectivity index (χ4v) is 4.70. The normalized spacial score (nSPS) is 15.0. The second-order valence-electron chi connectivity index (χ2n) is 8.18. The fraction of sp³-hybridized carbons (Fsp3) is 0.400. The third kappa shape index (κ3) is 6.01. The van der Waals surface area contributed by atoms with Crippen molar-refractivity contribution in [2.75, 3.05) is 0 Å². The Morgan fingerprint density at radius 1 is 0.929 bits per heavy atom. The molecule has 1 aliphatic carbocycles. The van der Waals surface area contributed by atoms with E-state index < -0.39 is 20.8 Å². The third-order valence-corrected chi connectivity index (χ3v) is 5.84. The zero-order valence-corrected chi connectivity index (χ0v) is 20.9. The van der Waals surface area contributed by atoms with Crippen LogP contribution < -0.4 is 0 Å². The molecule has 1 saturated carbocycles. The van der Waals surface area contributed by atoms with E-state index in [0.29, 0.717) is 0 Å². The first-order valence-electron chi connectivity index (χ1n) is 10.3. The van der Waals surface area contributed by atoms with Crippen LogP contribution in [-0.2, 0) is 27.3 Å². The van der Waals surface area contributed by atoms with Crippen LogP contribution in [0.15, 0.2) is 48.5 Å². The number of benzene rings is 2. The molecule has 0 N–H and O–H groups in total. The number of halogens is 2. The monoisotopic (exact) mass is 489 g/mol. The molecular formula is C25H29Cl2Zr-. The van der Waals surface area contributed by atoms with Crippen molar-refractivity contribution in [3.63, 3.8) is 0 Å². The van der Waals surface area contributed by atoms with Gasteiger partial charge in [-0.05, 0) is 31.7 Å². The van der Waals surface area contributed by atoms with E-state index in [-0.39, 0.29) is 0 Å². The predicted molar refractivity (Wildman–Crippen MR) is 121 cm³/mol. The standard InChI is InChI=1S/C25H29.2ClH.Zr/c1-18-12-19(2)14-23(13-18)24-11-7-10-22-16-21(17-25(22)24)15-20-8-5-3-4-6-9-20;;;/h7,10-14,16-17,20H,3-6,8-9,15H2,1-2H3;2*1H;/q-1;;;+2/p-2. The van der Waals surface area contributed by atoms with Crippen molar-refractivity contribution in [2.45, 2.75) is 58.8 Å². The maximum absolute atomic E-state index is 4.93. The number of fused-ring (bicyclic) bond motifs is 1. The maximum atomic E-state index is 4.93. The second kappa shape index (κ2) is 11.1. The van der Waals surface area contributed by atoms with Crippen molar-refractivity contribution in [1.29, 1.82) is 0 Å². The molecule has 148 valence electrons. The van der Waals surface area contributed by atoms with Crippen LogP contribution in [0, 0.1) is 19.8 Å². The number of rotatable bonds is 3. The zero-order chi connectivity index (χ0) is 19.9. The van der Waals surface area contributed by atoms with Crippen LogP contribution in [0.25, 0.3) is 21.9 Å². The Hall–Kier alpha value is -0.487. The van der Waals surface area contributed by atoms with Gasteiger partial charge >= 0.3 is 37.9 Å². The van der Waals surface area contributed by atoms with E-state index in [1.807, 2.05) is 0 Å². The first kappa shape index (κ1) is 22.2. The van der Waals surface area contributed by atoms with E-state index in [4.69, 9.17) is 17.0 Å². The molecule has 0 unspecified atom stereocenters. The van der Waals surface area contributed by atoms with Crippen LogP contribution in [0.3, 0.4) is 0 Å². The molecular weight excluding hydrogens is 462 g/mol. The summed E-state index contributed by atoms with van der Waals surface area (Å²) in [5.41, 5.74) is 6.97. The molecule has 0 saturated heterocycles. The Morgan fingerprint density at radius 2 is 1.57 bits per heavy atom. The number of hydrogen-bond acceptors (Lipinski definition) is 0. The Bertz CT molecular complexity index is 868. The van der Waals surface area contributed by atoms with Gasteiger partial charge in [-0.15, -0.1) is 34.5 Å². The Kier molecular flexibility index (Phi) is 8.77. The topological polar surface area (TPSA) is 0 Å².